The largest absolute Gasteiger partial charge is 0.485 e. The minimum atomic E-state index is -3.62. The SMILES string of the molecule is COC(=O)c1nc(Br)cnc1N1CCC2(CC1)Oc1ccccc1[C@H]2NS(=O)(=O)C(C)(C)C. The third kappa shape index (κ3) is 4.33. The van der Waals surface area contributed by atoms with Crippen LogP contribution < -0.4 is 14.4 Å². The molecule has 0 radical (unpaired) electrons. The van der Waals surface area contributed by atoms with E-state index in [1.54, 1.807) is 20.8 Å². The molecule has 0 unspecified atom stereocenters. The quantitative estimate of drug-likeness (QED) is 0.590. The molecular weight excluding hydrogens is 512 g/mol. The van der Waals surface area contributed by atoms with Crippen LogP contribution in [-0.4, -0.2) is 54.9 Å². The number of methoxy groups -OCH3 is 1. The Hall–Kier alpha value is -2.24. The molecule has 1 aromatic heterocycles. The zero-order valence-corrected chi connectivity index (χ0v) is 21.4. The first-order chi connectivity index (χ1) is 15.5. The Morgan fingerprint density at radius 2 is 1.94 bits per heavy atom. The third-order valence-corrected chi connectivity index (χ3v) is 8.70. The Morgan fingerprint density at radius 1 is 1.27 bits per heavy atom. The maximum Gasteiger partial charge on any atom is 0.360 e. The van der Waals surface area contributed by atoms with Crippen molar-refractivity contribution in [1.82, 2.24) is 14.7 Å². The van der Waals surface area contributed by atoms with Crippen molar-refractivity contribution in [3.8, 4) is 5.75 Å². The Kier molecular flexibility index (Phi) is 6.17. The van der Waals surface area contributed by atoms with Crippen molar-refractivity contribution in [2.45, 2.75) is 50.0 Å². The number of piperidine rings is 1. The van der Waals surface area contributed by atoms with Gasteiger partial charge in [-0.1, -0.05) is 18.2 Å². The Bertz CT molecular complexity index is 1170. The first kappa shape index (κ1) is 23.9. The first-order valence-corrected chi connectivity index (χ1v) is 12.9. The molecule has 11 heteroatoms. The lowest BCUT2D eigenvalue weighted by Gasteiger charge is -2.43. The molecule has 0 saturated carbocycles. The molecule has 1 spiro atoms. The molecule has 2 aromatic rings. The van der Waals surface area contributed by atoms with Gasteiger partial charge in [0.15, 0.2) is 11.5 Å². The molecule has 1 atom stereocenters. The molecule has 2 aliphatic rings. The number of nitrogens with one attached hydrogen (secondary N) is 1. The normalized spacial score (nSPS) is 19.8. The predicted molar refractivity (Wildman–Crippen MR) is 127 cm³/mol. The molecule has 178 valence electrons. The number of sulfonamides is 1. The maximum atomic E-state index is 13.1. The number of para-hydroxylation sites is 1. The number of aromatic nitrogens is 2. The Morgan fingerprint density at radius 3 is 2.58 bits per heavy atom. The number of esters is 1. The number of rotatable bonds is 4. The minimum Gasteiger partial charge on any atom is -0.485 e. The summed E-state index contributed by atoms with van der Waals surface area (Å²) in [5.41, 5.74) is 0.216. The van der Waals surface area contributed by atoms with Crippen molar-refractivity contribution in [3.05, 3.63) is 46.3 Å². The number of nitrogens with zero attached hydrogens (tertiary/aromatic N) is 3. The van der Waals surface area contributed by atoms with E-state index in [2.05, 4.69) is 30.6 Å². The van der Waals surface area contributed by atoms with Crippen LogP contribution in [0.1, 0.15) is 55.7 Å². The molecular formula is C22H27BrN4O5S. The van der Waals surface area contributed by atoms with Crippen molar-refractivity contribution >= 4 is 37.7 Å². The van der Waals surface area contributed by atoms with E-state index in [4.69, 9.17) is 9.47 Å². The second kappa shape index (κ2) is 8.52. The molecule has 0 aliphatic carbocycles. The van der Waals surface area contributed by atoms with Crippen molar-refractivity contribution in [3.63, 3.8) is 0 Å². The van der Waals surface area contributed by atoms with E-state index in [-0.39, 0.29) is 5.69 Å². The van der Waals surface area contributed by atoms with E-state index in [0.717, 1.165) is 5.56 Å². The van der Waals surface area contributed by atoms with Gasteiger partial charge in [0.05, 0.1) is 24.1 Å². The van der Waals surface area contributed by atoms with E-state index in [0.29, 0.717) is 42.1 Å². The van der Waals surface area contributed by atoms with E-state index in [1.165, 1.54) is 13.3 Å². The summed E-state index contributed by atoms with van der Waals surface area (Å²) in [5.74, 6) is 0.549. The van der Waals surface area contributed by atoms with E-state index in [1.807, 2.05) is 29.2 Å². The number of benzene rings is 1. The summed E-state index contributed by atoms with van der Waals surface area (Å²) in [4.78, 5) is 22.9. The fourth-order valence-corrected chi connectivity index (χ4v) is 5.48. The van der Waals surface area contributed by atoms with Gasteiger partial charge in [0.1, 0.15) is 16.0 Å². The van der Waals surface area contributed by atoms with Crippen LogP contribution >= 0.6 is 15.9 Å². The number of ether oxygens (including phenoxy) is 2. The van der Waals surface area contributed by atoms with Gasteiger partial charge in [0, 0.05) is 31.5 Å². The lowest BCUT2D eigenvalue weighted by atomic mass is 9.83. The van der Waals surface area contributed by atoms with Gasteiger partial charge in [-0.2, -0.15) is 0 Å². The highest BCUT2D eigenvalue weighted by molar-refractivity contribution is 9.10. The van der Waals surface area contributed by atoms with Crippen molar-refractivity contribution in [2.75, 3.05) is 25.1 Å². The fourth-order valence-electron chi connectivity index (χ4n) is 4.19. The van der Waals surface area contributed by atoms with Crippen molar-refractivity contribution in [2.24, 2.45) is 0 Å². The molecule has 1 saturated heterocycles. The number of carbonyl (C=O) groups is 1. The maximum absolute atomic E-state index is 13.1. The van der Waals surface area contributed by atoms with Crippen LogP contribution in [-0.2, 0) is 14.8 Å². The summed E-state index contributed by atoms with van der Waals surface area (Å²) in [6.45, 7) is 6.02. The number of fused-ring (bicyclic) bond motifs is 1. The van der Waals surface area contributed by atoms with Crippen LogP contribution in [0.25, 0.3) is 0 Å². The topological polar surface area (TPSA) is 111 Å². The second-order valence-corrected chi connectivity index (χ2v) is 12.5. The van der Waals surface area contributed by atoms with Crippen LogP contribution in [0.2, 0.25) is 0 Å². The van der Waals surface area contributed by atoms with Gasteiger partial charge in [0.2, 0.25) is 10.0 Å². The monoisotopic (exact) mass is 538 g/mol. The zero-order chi connectivity index (χ0) is 24.0. The van der Waals surface area contributed by atoms with E-state index in [9.17, 15) is 13.2 Å². The minimum absolute atomic E-state index is 0.128. The standard InChI is InChI=1S/C22H27BrN4O5S/c1-21(2,3)33(29,30)26-18-14-7-5-6-8-15(14)32-22(18)9-11-27(12-10-22)19-17(20(28)31-4)25-16(23)13-24-19/h5-8,13,18,26H,9-12H2,1-4H3/t18-/m1/s1. The average molecular weight is 539 g/mol. The van der Waals surface area contributed by atoms with Crippen LogP contribution in [0.4, 0.5) is 5.82 Å². The Balaban J connectivity index is 1.64. The predicted octanol–water partition coefficient (Wildman–Crippen LogP) is 3.22. The number of hydrogen-bond donors (Lipinski definition) is 1. The molecule has 1 fully saturated rings. The van der Waals surface area contributed by atoms with Gasteiger partial charge in [-0.15, -0.1) is 0 Å². The summed E-state index contributed by atoms with van der Waals surface area (Å²) < 4.78 is 39.8. The van der Waals surface area contributed by atoms with Gasteiger partial charge in [-0.3, -0.25) is 0 Å². The van der Waals surface area contributed by atoms with E-state index >= 15 is 0 Å². The highest BCUT2D eigenvalue weighted by Crippen LogP contribution is 2.49. The lowest BCUT2D eigenvalue weighted by molar-refractivity contribution is 0.0378. The number of hydrogen-bond acceptors (Lipinski definition) is 8. The van der Waals surface area contributed by atoms with Crippen molar-refractivity contribution < 1.29 is 22.7 Å². The van der Waals surface area contributed by atoms with Gasteiger partial charge < -0.3 is 14.4 Å². The second-order valence-electron chi connectivity index (χ2n) is 9.21. The highest BCUT2D eigenvalue weighted by atomic mass is 79.9. The Labute approximate surface area is 202 Å². The third-order valence-electron chi connectivity index (χ3n) is 6.16. The van der Waals surface area contributed by atoms with Gasteiger partial charge in [-0.25, -0.2) is 27.9 Å². The number of carbonyl (C=O) groups excluding carboxylic acids is 1. The molecule has 1 N–H and O–H groups in total. The van der Waals surface area contributed by atoms with Crippen LogP contribution in [0.15, 0.2) is 35.1 Å². The van der Waals surface area contributed by atoms with Crippen LogP contribution in [0, 0.1) is 0 Å². The summed E-state index contributed by atoms with van der Waals surface area (Å²) in [6, 6.07) is 7.01. The molecule has 2 aliphatic heterocycles. The summed E-state index contributed by atoms with van der Waals surface area (Å²) >= 11 is 3.25. The zero-order valence-electron chi connectivity index (χ0n) is 19.0. The summed E-state index contributed by atoms with van der Waals surface area (Å²) in [6.07, 6.45) is 2.59. The molecule has 3 heterocycles. The summed E-state index contributed by atoms with van der Waals surface area (Å²) in [5, 5.41) is 0. The van der Waals surface area contributed by atoms with Gasteiger partial charge in [0.25, 0.3) is 0 Å². The average Bonchev–Trinajstić information content (AvgIpc) is 3.05. The van der Waals surface area contributed by atoms with Crippen molar-refractivity contribution in [1.29, 1.82) is 0 Å². The van der Waals surface area contributed by atoms with Crippen LogP contribution in [0.3, 0.4) is 0 Å². The molecule has 0 amide bonds. The molecule has 4 rings (SSSR count). The van der Waals surface area contributed by atoms with Gasteiger partial charge >= 0.3 is 5.97 Å². The summed E-state index contributed by atoms with van der Waals surface area (Å²) in [7, 11) is -2.32. The number of halogens is 1. The number of anilines is 1. The highest BCUT2D eigenvalue weighted by Gasteiger charge is 2.52. The lowest BCUT2D eigenvalue weighted by Crippen LogP contribution is -2.55. The first-order valence-electron chi connectivity index (χ1n) is 10.6. The molecule has 1 aromatic carbocycles. The molecule has 0 bridgehead atoms. The van der Waals surface area contributed by atoms with Gasteiger partial charge in [-0.05, 0) is 42.8 Å². The van der Waals surface area contributed by atoms with E-state index < -0.39 is 32.4 Å². The molecule has 9 nitrogen and oxygen atoms in total. The fraction of sp³-hybridized carbons (Fsp3) is 0.500. The smallest absolute Gasteiger partial charge is 0.360 e. The van der Waals surface area contributed by atoms with Crippen LogP contribution in [0.5, 0.6) is 5.75 Å². The molecule has 33 heavy (non-hydrogen) atoms.